The van der Waals surface area contributed by atoms with Crippen molar-refractivity contribution in [1.29, 1.82) is 0 Å². The lowest BCUT2D eigenvalue weighted by Crippen LogP contribution is -2.20. The molecule has 0 fully saturated rings. The molecule has 8 nitrogen and oxygen atoms in total. The minimum atomic E-state index is -1.22. The average Bonchev–Trinajstić information content (AvgIpc) is 3.10. The number of hydrogen-bond acceptors (Lipinski definition) is 4. The minimum absolute atomic E-state index is 0.0439. The van der Waals surface area contributed by atoms with Crippen molar-refractivity contribution in [3.05, 3.63) is 63.5 Å². The molecule has 0 aliphatic heterocycles. The number of carboxylic acid groups (broad SMARTS) is 1. The summed E-state index contributed by atoms with van der Waals surface area (Å²) in [5.74, 6) is -1.50. The molecule has 3 rings (SSSR count). The largest absolute Gasteiger partial charge is 0.478 e. The summed E-state index contributed by atoms with van der Waals surface area (Å²) in [4.78, 5) is 23.7. The number of aromatic nitrogens is 4. The van der Waals surface area contributed by atoms with Crippen LogP contribution in [0.15, 0.2) is 41.1 Å². The first-order valence-corrected chi connectivity index (χ1v) is 8.49. The van der Waals surface area contributed by atoms with Crippen LogP contribution in [0, 0.1) is 6.92 Å². The van der Waals surface area contributed by atoms with Gasteiger partial charge < -0.3 is 10.4 Å². The summed E-state index contributed by atoms with van der Waals surface area (Å²) in [6, 6.07) is 8.04. The van der Waals surface area contributed by atoms with Crippen molar-refractivity contribution in [2.45, 2.75) is 13.5 Å². The highest BCUT2D eigenvalue weighted by Crippen LogP contribution is 2.22. The molecule has 0 spiro atoms. The minimum Gasteiger partial charge on any atom is -0.478 e. The summed E-state index contributed by atoms with van der Waals surface area (Å²) in [7, 11) is 1.51. The highest BCUT2D eigenvalue weighted by atomic mass is 79.9. The lowest BCUT2D eigenvalue weighted by molar-refractivity contribution is 0.0692. The molecule has 0 aliphatic carbocycles. The van der Waals surface area contributed by atoms with E-state index in [1.54, 1.807) is 10.9 Å². The Balaban J connectivity index is 1.81. The molecule has 2 aromatic heterocycles. The Hall–Kier alpha value is -2.94. The monoisotopic (exact) mass is 417 g/mol. The third-order valence-electron chi connectivity index (χ3n) is 3.76. The molecule has 0 radical (unpaired) electrons. The van der Waals surface area contributed by atoms with Crippen LogP contribution in [-0.2, 0) is 13.6 Å². The number of aromatic carboxylic acids is 1. The van der Waals surface area contributed by atoms with Crippen molar-refractivity contribution < 1.29 is 14.7 Å². The molecule has 0 saturated heterocycles. The lowest BCUT2D eigenvalue weighted by atomic mass is 10.1. The van der Waals surface area contributed by atoms with Gasteiger partial charge in [-0.25, -0.2) is 4.79 Å². The van der Waals surface area contributed by atoms with Crippen LogP contribution in [0.2, 0.25) is 0 Å². The molecule has 1 aromatic carbocycles. The molecular formula is C17H16BrN5O3. The van der Waals surface area contributed by atoms with Crippen molar-refractivity contribution in [2.75, 3.05) is 5.32 Å². The first-order valence-electron chi connectivity index (χ1n) is 7.70. The van der Waals surface area contributed by atoms with E-state index in [0.717, 1.165) is 17.3 Å². The second-order valence-electron chi connectivity index (χ2n) is 5.80. The van der Waals surface area contributed by atoms with Gasteiger partial charge in [0.1, 0.15) is 11.3 Å². The van der Waals surface area contributed by atoms with E-state index in [2.05, 4.69) is 37.5 Å². The number of carboxylic acids is 1. The Morgan fingerprint density at radius 1 is 1.35 bits per heavy atom. The Kier molecular flexibility index (Phi) is 4.90. The molecule has 134 valence electrons. The Labute approximate surface area is 157 Å². The standard InChI is InChI=1S/C17H16BrN5O3/c1-10-4-3-5-11(6-10)8-23-9-13(18)15(21-23)20-16(24)14-12(17(25)26)7-19-22(14)2/h3-7,9H,8H2,1-2H3,(H,25,26)(H,20,21,24). The van der Waals surface area contributed by atoms with Gasteiger partial charge in [-0.15, -0.1) is 0 Å². The summed E-state index contributed by atoms with van der Waals surface area (Å²) in [5, 5.41) is 20.0. The van der Waals surface area contributed by atoms with E-state index in [1.807, 2.05) is 25.1 Å². The van der Waals surface area contributed by atoms with E-state index in [0.29, 0.717) is 16.8 Å². The number of halogens is 1. The molecule has 0 saturated carbocycles. The molecule has 26 heavy (non-hydrogen) atoms. The van der Waals surface area contributed by atoms with Gasteiger partial charge in [-0.1, -0.05) is 29.8 Å². The highest BCUT2D eigenvalue weighted by Gasteiger charge is 2.23. The maximum atomic E-state index is 12.5. The average molecular weight is 418 g/mol. The van der Waals surface area contributed by atoms with Gasteiger partial charge >= 0.3 is 5.97 Å². The summed E-state index contributed by atoms with van der Waals surface area (Å²) >= 11 is 3.37. The van der Waals surface area contributed by atoms with Gasteiger partial charge in [0.25, 0.3) is 5.91 Å². The van der Waals surface area contributed by atoms with Crippen molar-refractivity contribution in [3.8, 4) is 0 Å². The van der Waals surface area contributed by atoms with Gasteiger partial charge in [-0.3, -0.25) is 14.2 Å². The zero-order valence-corrected chi connectivity index (χ0v) is 15.7. The topological polar surface area (TPSA) is 102 Å². The zero-order valence-electron chi connectivity index (χ0n) is 14.1. The summed E-state index contributed by atoms with van der Waals surface area (Å²) in [6.07, 6.45) is 2.89. The van der Waals surface area contributed by atoms with Crippen molar-refractivity contribution >= 4 is 33.6 Å². The maximum absolute atomic E-state index is 12.5. The predicted molar refractivity (Wildman–Crippen MR) is 98.3 cm³/mol. The number of nitrogens with zero attached hydrogens (tertiary/aromatic N) is 4. The van der Waals surface area contributed by atoms with E-state index in [-0.39, 0.29) is 11.3 Å². The van der Waals surface area contributed by atoms with Crippen molar-refractivity contribution in [1.82, 2.24) is 19.6 Å². The van der Waals surface area contributed by atoms with Gasteiger partial charge in [0.15, 0.2) is 5.82 Å². The molecular weight excluding hydrogens is 402 g/mol. The van der Waals surface area contributed by atoms with Gasteiger partial charge in [-0.05, 0) is 28.4 Å². The Morgan fingerprint density at radius 2 is 2.12 bits per heavy atom. The van der Waals surface area contributed by atoms with E-state index >= 15 is 0 Å². The second-order valence-corrected chi connectivity index (χ2v) is 6.66. The number of nitrogens with one attached hydrogen (secondary N) is 1. The number of anilines is 1. The van der Waals surface area contributed by atoms with Crippen molar-refractivity contribution in [2.24, 2.45) is 7.05 Å². The predicted octanol–water partition coefficient (Wildman–Crippen LogP) is 2.69. The fourth-order valence-electron chi connectivity index (χ4n) is 2.59. The summed E-state index contributed by atoms with van der Waals surface area (Å²) in [6.45, 7) is 2.56. The van der Waals surface area contributed by atoms with Gasteiger partial charge in [0.05, 0.1) is 17.2 Å². The molecule has 0 bridgehead atoms. The fourth-order valence-corrected chi connectivity index (χ4v) is 3.01. The van der Waals surface area contributed by atoms with Crippen LogP contribution < -0.4 is 5.32 Å². The third-order valence-corrected chi connectivity index (χ3v) is 4.34. The zero-order chi connectivity index (χ0) is 18.8. The molecule has 2 heterocycles. The van der Waals surface area contributed by atoms with Gasteiger partial charge in [0, 0.05) is 13.2 Å². The molecule has 2 N–H and O–H groups in total. The highest BCUT2D eigenvalue weighted by molar-refractivity contribution is 9.10. The molecule has 9 heteroatoms. The molecule has 0 atom stereocenters. The Bertz CT molecular complexity index is 992. The van der Waals surface area contributed by atoms with Gasteiger partial charge in [0.2, 0.25) is 0 Å². The van der Waals surface area contributed by atoms with Gasteiger partial charge in [-0.2, -0.15) is 10.2 Å². The number of carbonyl (C=O) groups is 2. The van der Waals surface area contributed by atoms with Crippen LogP contribution in [0.4, 0.5) is 5.82 Å². The Morgan fingerprint density at radius 3 is 2.81 bits per heavy atom. The number of rotatable bonds is 5. The molecule has 0 aliphatic rings. The first-order chi connectivity index (χ1) is 12.3. The number of amides is 1. The van der Waals surface area contributed by atoms with Crippen LogP contribution in [0.3, 0.4) is 0 Å². The number of hydrogen-bond donors (Lipinski definition) is 2. The molecule has 0 unspecified atom stereocenters. The maximum Gasteiger partial charge on any atom is 0.339 e. The second kappa shape index (κ2) is 7.12. The van der Waals surface area contributed by atoms with E-state index in [1.165, 1.54) is 11.7 Å². The van der Waals surface area contributed by atoms with E-state index in [9.17, 15) is 14.7 Å². The van der Waals surface area contributed by atoms with Crippen LogP contribution >= 0.6 is 15.9 Å². The fraction of sp³-hybridized carbons (Fsp3) is 0.176. The number of aryl methyl sites for hydroxylation is 2. The van der Waals surface area contributed by atoms with E-state index in [4.69, 9.17) is 0 Å². The lowest BCUT2D eigenvalue weighted by Gasteiger charge is -2.05. The number of benzene rings is 1. The number of carbonyl (C=O) groups excluding carboxylic acids is 1. The molecule has 1 amide bonds. The van der Waals surface area contributed by atoms with Crippen LogP contribution in [0.1, 0.15) is 32.0 Å². The molecule has 3 aromatic rings. The third kappa shape index (κ3) is 3.67. The smallest absolute Gasteiger partial charge is 0.339 e. The summed E-state index contributed by atoms with van der Waals surface area (Å²) < 4.78 is 3.50. The van der Waals surface area contributed by atoms with Crippen LogP contribution in [0.5, 0.6) is 0 Å². The van der Waals surface area contributed by atoms with E-state index < -0.39 is 11.9 Å². The van der Waals surface area contributed by atoms with Crippen molar-refractivity contribution in [3.63, 3.8) is 0 Å². The summed E-state index contributed by atoms with van der Waals surface area (Å²) in [5.41, 5.74) is 2.02. The van der Waals surface area contributed by atoms with Crippen LogP contribution in [-0.4, -0.2) is 36.5 Å². The quantitative estimate of drug-likeness (QED) is 0.664. The first kappa shape index (κ1) is 17.9. The normalized spacial score (nSPS) is 10.7. The SMILES string of the molecule is Cc1cccc(Cn2cc(Br)c(NC(=O)c3c(C(=O)O)cnn3C)n2)c1. The van der Waals surface area contributed by atoms with Crippen LogP contribution in [0.25, 0.3) is 0 Å².